The molecule has 0 saturated heterocycles. The highest BCUT2D eigenvalue weighted by molar-refractivity contribution is 5.50. The Balaban J connectivity index is 1.65. The molecule has 2 aromatic rings. The van der Waals surface area contributed by atoms with Gasteiger partial charge in [-0.2, -0.15) is 0 Å². The lowest BCUT2D eigenvalue weighted by molar-refractivity contribution is 0.134. The largest absolute Gasteiger partial charge is 0.372 e. The van der Waals surface area contributed by atoms with Gasteiger partial charge in [-0.1, -0.05) is 36.4 Å². The van der Waals surface area contributed by atoms with Gasteiger partial charge in [0.1, 0.15) is 0 Å². The van der Waals surface area contributed by atoms with Gasteiger partial charge in [0.2, 0.25) is 0 Å². The van der Waals surface area contributed by atoms with Crippen molar-refractivity contribution in [3.8, 4) is 0 Å². The standard InChI is InChI=1S/C18H19NO/c1-2-7-16(8-3-1)19(17-9-10-17)11-14-5-4-6-15-12-20-13-18(14)15/h1-8,17H,9-13H2. The second kappa shape index (κ2) is 4.95. The lowest BCUT2D eigenvalue weighted by Gasteiger charge is -2.25. The molecule has 0 spiro atoms. The lowest BCUT2D eigenvalue weighted by Crippen LogP contribution is -2.25. The normalized spacial score (nSPS) is 17.0. The van der Waals surface area contributed by atoms with Gasteiger partial charge in [0.05, 0.1) is 13.2 Å². The first-order chi connectivity index (χ1) is 9.92. The summed E-state index contributed by atoms with van der Waals surface area (Å²) in [5.41, 5.74) is 5.54. The van der Waals surface area contributed by atoms with Crippen LogP contribution in [0.1, 0.15) is 29.5 Å². The summed E-state index contributed by atoms with van der Waals surface area (Å²) in [6.45, 7) is 2.55. The van der Waals surface area contributed by atoms with Crippen LogP contribution in [0.25, 0.3) is 0 Å². The third kappa shape index (κ3) is 2.20. The minimum Gasteiger partial charge on any atom is -0.372 e. The van der Waals surface area contributed by atoms with E-state index in [1.807, 2.05) is 0 Å². The van der Waals surface area contributed by atoms with Crippen molar-refractivity contribution in [1.29, 1.82) is 0 Å². The van der Waals surface area contributed by atoms with Gasteiger partial charge in [0.25, 0.3) is 0 Å². The van der Waals surface area contributed by atoms with Crippen LogP contribution in [0, 0.1) is 0 Å². The number of fused-ring (bicyclic) bond motifs is 1. The van der Waals surface area contributed by atoms with Gasteiger partial charge in [-0.05, 0) is 41.7 Å². The van der Waals surface area contributed by atoms with Gasteiger partial charge in [0, 0.05) is 18.3 Å². The number of nitrogens with zero attached hydrogens (tertiary/aromatic N) is 1. The van der Waals surface area contributed by atoms with Crippen LogP contribution in [0.4, 0.5) is 5.69 Å². The summed E-state index contributed by atoms with van der Waals surface area (Å²) < 4.78 is 5.60. The van der Waals surface area contributed by atoms with Crippen molar-refractivity contribution in [2.45, 2.75) is 38.6 Å². The summed E-state index contributed by atoms with van der Waals surface area (Å²) in [5.74, 6) is 0. The second-order valence-corrected chi connectivity index (χ2v) is 5.74. The Labute approximate surface area is 120 Å². The molecule has 2 aromatic carbocycles. The van der Waals surface area contributed by atoms with E-state index in [0.717, 1.165) is 25.8 Å². The average molecular weight is 265 g/mol. The maximum atomic E-state index is 5.60. The van der Waals surface area contributed by atoms with E-state index in [1.54, 1.807) is 0 Å². The van der Waals surface area contributed by atoms with Crippen molar-refractivity contribution in [3.63, 3.8) is 0 Å². The number of hydrogen-bond acceptors (Lipinski definition) is 2. The highest BCUT2D eigenvalue weighted by Crippen LogP contribution is 2.34. The van der Waals surface area contributed by atoms with Crippen molar-refractivity contribution < 1.29 is 4.74 Å². The summed E-state index contributed by atoms with van der Waals surface area (Å²) >= 11 is 0. The molecule has 0 atom stereocenters. The van der Waals surface area contributed by atoms with E-state index in [9.17, 15) is 0 Å². The molecule has 20 heavy (non-hydrogen) atoms. The van der Waals surface area contributed by atoms with Crippen molar-refractivity contribution in [1.82, 2.24) is 0 Å². The summed E-state index contributed by atoms with van der Waals surface area (Å²) in [4.78, 5) is 2.55. The smallest absolute Gasteiger partial charge is 0.0728 e. The van der Waals surface area contributed by atoms with E-state index in [2.05, 4.69) is 53.4 Å². The first-order valence-corrected chi connectivity index (χ1v) is 7.41. The number of ether oxygens (including phenoxy) is 1. The number of rotatable bonds is 4. The van der Waals surface area contributed by atoms with Gasteiger partial charge in [-0.3, -0.25) is 0 Å². The van der Waals surface area contributed by atoms with E-state index >= 15 is 0 Å². The first kappa shape index (κ1) is 12.0. The summed E-state index contributed by atoms with van der Waals surface area (Å²) in [6.07, 6.45) is 2.64. The van der Waals surface area contributed by atoms with Crippen LogP contribution in [0.2, 0.25) is 0 Å². The number of para-hydroxylation sites is 1. The van der Waals surface area contributed by atoms with E-state index in [4.69, 9.17) is 4.74 Å². The minimum absolute atomic E-state index is 0.718. The number of anilines is 1. The zero-order valence-corrected chi connectivity index (χ0v) is 11.6. The molecule has 1 aliphatic heterocycles. The predicted octanol–water partition coefficient (Wildman–Crippen LogP) is 3.89. The maximum Gasteiger partial charge on any atom is 0.0728 e. The average Bonchev–Trinajstić information content (AvgIpc) is 3.22. The summed E-state index contributed by atoms with van der Waals surface area (Å²) in [7, 11) is 0. The molecule has 102 valence electrons. The number of hydrogen-bond donors (Lipinski definition) is 0. The van der Waals surface area contributed by atoms with Crippen LogP contribution in [0.5, 0.6) is 0 Å². The molecule has 0 bridgehead atoms. The minimum atomic E-state index is 0.718. The molecule has 0 amide bonds. The van der Waals surface area contributed by atoms with Crippen molar-refractivity contribution >= 4 is 5.69 Å². The molecular weight excluding hydrogens is 246 g/mol. The van der Waals surface area contributed by atoms with Crippen LogP contribution in [-0.4, -0.2) is 6.04 Å². The third-order valence-corrected chi connectivity index (χ3v) is 4.29. The Hall–Kier alpha value is -1.80. The Bertz CT molecular complexity index is 604. The molecule has 0 aromatic heterocycles. The van der Waals surface area contributed by atoms with Crippen LogP contribution in [-0.2, 0) is 24.5 Å². The van der Waals surface area contributed by atoms with E-state index in [0.29, 0.717) is 0 Å². The van der Waals surface area contributed by atoms with Gasteiger partial charge in [-0.15, -0.1) is 0 Å². The fraction of sp³-hybridized carbons (Fsp3) is 0.333. The van der Waals surface area contributed by atoms with Gasteiger partial charge in [-0.25, -0.2) is 0 Å². The monoisotopic (exact) mass is 265 g/mol. The summed E-state index contributed by atoms with van der Waals surface area (Å²) in [5, 5.41) is 0. The molecule has 1 fully saturated rings. The van der Waals surface area contributed by atoms with E-state index < -0.39 is 0 Å². The maximum absolute atomic E-state index is 5.60. The highest BCUT2D eigenvalue weighted by Gasteiger charge is 2.30. The van der Waals surface area contributed by atoms with Gasteiger partial charge in [0.15, 0.2) is 0 Å². The fourth-order valence-corrected chi connectivity index (χ4v) is 3.04. The third-order valence-electron chi connectivity index (χ3n) is 4.29. The SMILES string of the molecule is c1ccc(N(Cc2cccc3c2COC3)C2CC2)cc1. The van der Waals surface area contributed by atoms with Gasteiger partial charge >= 0.3 is 0 Å². The topological polar surface area (TPSA) is 12.5 Å². The molecule has 2 nitrogen and oxygen atoms in total. The van der Waals surface area contributed by atoms with Crippen LogP contribution in [0.15, 0.2) is 48.5 Å². The molecule has 1 saturated carbocycles. The Morgan fingerprint density at radius 1 is 0.950 bits per heavy atom. The van der Waals surface area contributed by atoms with Crippen LogP contribution < -0.4 is 4.90 Å². The zero-order chi connectivity index (χ0) is 13.4. The fourth-order valence-electron chi connectivity index (χ4n) is 3.04. The zero-order valence-electron chi connectivity index (χ0n) is 11.6. The molecule has 1 aliphatic carbocycles. The molecule has 0 radical (unpaired) electrons. The summed E-state index contributed by atoms with van der Waals surface area (Å²) in [6, 6.07) is 18.1. The molecular formula is C18H19NO. The Kier molecular flexibility index (Phi) is 2.96. The van der Waals surface area contributed by atoms with Gasteiger partial charge < -0.3 is 9.64 Å². The van der Waals surface area contributed by atoms with Crippen LogP contribution >= 0.6 is 0 Å². The highest BCUT2D eigenvalue weighted by atomic mass is 16.5. The molecule has 0 unspecified atom stereocenters. The Morgan fingerprint density at radius 3 is 2.60 bits per heavy atom. The quantitative estimate of drug-likeness (QED) is 0.831. The lowest BCUT2D eigenvalue weighted by atomic mass is 10.0. The van der Waals surface area contributed by atoms with E-state index in [1.165, 1.54) is 35.2 Å². The van der Waals surface area contributed by atoms with Crippen LogP contribution in [0.3, 0.4) is 0 Å². The van der Waals surface area contributed by atoms with Crippen molar-refractivity contribution in [2.24, 2.45) is 0 Å². The van der Waals surface area contributed by atoms with E-state index in [-0.39, 0.29) is 0 Å². The molecule has 2 heteroatoms. The molecule has 1 heterocycles. The van der Waals surface area contributed by atoms with Crippen molar-refractivity contribution in [3.05, 3.63) is 65.2 Å². The number of benzene rings is 2. The van der Waals surface area contributed by atoms with Crippen molar-refractivity contribution in [2.75, 3.05) is 4.90 Å². The molecule has 2 aliphatic rings. The Morgan fingerprint density at radius 2 is 1.80 bits per heavy atom. The molecule has 4 rings (SSSR count). The first-order valence-electron chi connectivity index (χ1n) is 7.41. The second-order valence-electron chi connectivity index (χ2n) is 5.74. The molecule has 0 N–H and O–H groups in total. The predicted molar refractivity (Wildman–Crippen MR) is 80.6 cm³/mol.